The minimum Gasteiger partial charge on any atom is -0.317 e. The molecule has 2 rings (SSSR count). The lowest BCUT2D eigenvalue weighted by Gasteiger charge is -2.37. The molecule has 1 heterocycles. The highest BCUT2D eigenvalue weighted by Gasteiger charge is 2.39. The molecule has 0 aromatic heterocycles. The molecule has 0 radical (unpaired) electrons. The summed E-state index contributed by atoms with van der Waals surface area (Å²) in [7, 11) is -3.83. The molecule has 0 aliphatic carbocycles. The molecule has 19 heavy (non-hydrogen) atoms. The third-order valence-electron chi connectivity index (χ3n) is 2.74. The van der Waals surface area contributed by atoms with Gasteiger partial charge in [0.1, 0.15) is 6.07 Å². The van der Waals surface area contributed by atoms with Gasteiger partial charge in [-0.25, -0.2) is 8.42 Å². The summed E-state index contributed by atoms with van der Waals surface area (Å²) in [4.78, 5) is -0.118. The van der Waals surface area contributed by atoms with Crippen LogP contribution in [0, 0.1) is 11.3 Å². The van der Waals surface area contributed by atoms with E-state index >= 15 is 0 Å². The second-order valence-electron chi connectivity index (χ2n) is 3.95. The number of alkyl halides is 2. The SMILES string of the molecule is N#Cc1ccccc1S(=O)(=O)N1CC(OC(F)F)C1. The van der Waals surface area contributed by atoms with E-state index < -0.39 is 22.7 Å². The first-order valence-electron chi connectivity index (χ1n) is 5.38. The fourth-order valence-corrected chi connectivity index (χ4v) is 3.40. The maximum atomic E-state index is 12.2. The number of hydrogen-bond donors (Lipinski definition) is 0. The smallest absolute Gasteiger partial charge is 0.317 e. The molecule has 0 saturated carbocycles. The molecule has 0 amide bonds. The number of hydrogen-bond acceptors (Lipinski definition) is 4. The Morgan fingerprint density at radius 3 is 2.58 bits per heavy atom. The monoisotopic (exact) mass is 288 g/mol. The Balaban J connectivity index is 2.15. The van der Waals surface area contributed by atoms with E-state index in [1.165, 1.54) is 18.2 Å². The first-order valence-corrected chi connectivity index (χ1v) is 6.82. The fraction of sp³-hybridized carbons (Fsp3) is 0.364. The van der Waals surface area contributed by atoms with E-state index in [0.29, 0.717) is 0 Å². The van der Waals surface area contributed by atoms with Crippen LogP contribution in [0.4, 0.5) is 8.78 Å². The topological polar surface area (TPSA) is 70.4 Å². The van der Waals surface area contributed by atoms with Gasteiger partial charge in [0.25, 0.3) is 0 Å². The Bertz CT molecular complexity index is 607. The summed E-state index contributed by atoms with van der Waals surface area (Å²) in [6.07, 6.45) is -0.802. The lowest BCUT2D eigenvalue weighted by atomic mass is 10.2. The molecule has 0 N–H and O–H groups in total. The third kappa shape index (κ3) is 2.73. The molecule has 1 fully saturated rings. The minimum atomic E-state index is -3.83. The zero-order valence-electron chi connectivity index (χ0n) is 9.66. The number of benzene rings is 1. The maximum Gasteiger partial charge on any atom is 0.345 e. The van der Waals surface area contributed by atoms with E-state index in [1.54, 1.807) is 12.1 Å². The van der Waals surface area contributed by atoms with Crippen molar-refractivity contribution in [2.45, 2.75) is 17.6 Å². The Hall–Kier alpha value is -1.56. The Labute approximate surface area is 109 Å². The third-order valence-corrected chi connectivity index (χ3v) is 4.62. The lowest BCUT2D eigenvalue weighted by Crippen LogP contribution is -2.55. The molecule has 1 saturated heterocycles. The first kappa shape index (κ1) is 13.9. The van der Waals surface area contributed by atoms with Gasteiger partial charge in [-0.3, -0.25) is 0 Å². The van der Waals surface area contributed by atoms with Crippen molar-refractivity contribution in [3.63, 3.8) is 0 Å². The summed E-state index contributed by atoms with van der Waals surface area (Å²) in [6.45, 7) is -3.18. The predicted octanol–water partition coefficient (Wildman–Crippen LogP) is 1.17. The molecule has 1 aromatic carbocycles. The molecule has 0 unspecified atom stereocenters. The van der Waals surface area contributed by atoms with Gasteiger partial charge in [0.05, 0.1) is 16.6 Å². The normalized spacial score (nSPS) is 17.2. The van der Waals surface area contributed by atoms with E-state index in [4.69, 9.17) is 5.26 Å². The van der Waals surface area contributed by atoms with Crippen LogP contribution in [-0.2, 0) is 14.8 Å². The van der Waals surface area contributed by atoms with Crippen molar-refractivity contribution in [2.24, 2.45) is 0 Å². The number of rotatable bonds is 4. The van der Waals surface area contributed by atoms with Gasteiger partial charge in [0, 0.05) is 13.1 Å². The van der Waals surface area contributed by atoms with E-state index in [0.717, 1.165) is 4.31 Å². The molecular formula is C11H10F2N2O3S. The maximum absolute atomic E-state index is 12.2. The molecule has 0 spiro atoms. The molecule has 8 heteroatoms. The molecule has 5 nitrogen and oxygen atoms in total. The minimum absolute atomic E-state index is 0.0285. The number of sulfonamides is 1. The largest absolute Gasteiger partial charge is 0.345 e. The van der Waals surface area contributed by atoms with Crippen molar-refractivity contribution in [3.05, 3.63) is 29.8 Å². The average molecular weight is 288 g/mol. The van der Waals surface area contributed by atoms with Gasteiger partial charge < -0.3 is 4.74 Å². The number of ether oxygens (including phenoxy) is 1. The quantitative estimate of drug-likeness (QED) is 0.834. The van der Waals surface area contributed by atoms with Crippen LogP contribution in [0.1, 0.15) is 5.56 Å². The summed E-state index contributed by atoms with van der Waals surface area (Å²) < 4.78 is 53.4. The van der Waals surface area contributed by atoms with E-state index in [-0.39, 0.29) is 23.5 Å². The first-order chi connectivity index (χ1) is 8.95. The van der Waals surface area contributed by atoms with Crippen molar-refractivity contribution >= 4 is 10.0 Å². The summed E-state index contributed by atoms with van der Waals surface area (Å²) in [5.74, 6) is 0. The van der Waals surface area contributed by atoms with Crippen LogP contribution in [0.15, 0.2) is 29.2 Å². The molecule has 1 aromatic rings. The summed E-state index contributed by atoms with van der Waals surface area (Å²) in [6, 6.07) is 7.55. The van der Waals surface area contributed by atoms with Crippen molar-refractivity contribution in [3.8, 4) is 6.07 Å². The van der Waals surface area contributed by atoms with Gasteiger partial charge in [-0.15, -0.1) is 0 Å². The van der Waals surface area contributed by atoms with Crippen molar-refractivity contribution in [2.75, 3.05) is 13.1 Å². The molecule has 1 aliphatic heterocycles. The lowest BCUT2D eigenvalue weighted by molar-refractivity contribution is -0.185. The zero-order valence-corrected chi connectivity index (χ0v) is 10.5. The van der Waals surface area contributed by atoms with Crippen LogP contribution in [0.3, 0.4) is 0 Å². The zero-order chi connectivity index (χ0) is 14.0. The summed E-state index contributed by atoms with van der Waals surface area (Å²) in [5.41, 5.74) is 0.0285. The van der Waals surface area contributed by atoms with Gasteiger partial charge in [-0.2, -0.15) is 18.3 Å². The molecular weight excluding hydrogens is 278 g/mol. The summed E-state index contributed by atoms with van der Waals surface area (Å²) in [5, 5.41) is 8.87. The van der Waals surface area contributed by atoms with Crippen LogP contribution in [0.25, 0.3) is 0 Å². The van der Waals surface area contributed by atoms with Crippen LogP contribution in [0.5, 0.6) is 0 Å². The number of nitriles is 1. The second-order valence-corrected chi connectivity index (χ2v) is 5.86. The summed E-state index contributed by atoms with van der Waals surface area (Å²) >= 11 is 0. The highest BCUT2D eigenvalue weighted by atomic mass is 32.2. The van der Waals surface area contributed by atoms with E-state index in [1.807, 2.05) is 0 Å². The van der Waals surface area contributed by atoms with Crippen LogP contribution >= 0.6 is 0 Å². The van der Waals surface area contributed by atoms with Crippen molar-refractivity contribution < 1.29 is 21.9 Å². The predicted molar refractivity (Wildman–Crippen MR) is 60.8 cm³/mol. The van der Waals surface area contributed by atoms with Gasteiger partial charge >= 0.3 is 6.61 Å². The van der Waals surface area contributed by atoms with Crippen LogP contribution < -0.4 is 0 Å². The van der Waals surface area contributed by atoms with E-state index in [2.05, 4.69) is 4.74 Å². The Kier molecular flexibility index (Phi) is 3.80. The van der Waals surface area contributed by atoms with Crippen molar-refractivity contribution in [1.29, 1.82) is 5.26 Å². The number of nitrogens with zero attached hydrogens (tertiary/aromatic N) is 2. The molecule has 102 valence electrons. The van der Waals surface area contributed by atoms with Gasteiger partial charge in [-0.1, -0.05) is 12.1 Å². The Morgan fingerprint density at radius 1 is 1.37 bits per heavy atom. The highest BCUT2D eigenvalue weighted by molar-refractivity contribution is 7.89. The fourth-order valence-electron chi connectivity index (χ4n) is 1.75. The number of halogens is 2. The highest BCUT2D eigenvalue weighted by Crippen LogP contribution is 2.25. The second kappa shape index (κ2) is 5.21. The average Bonchev–Trinajstić information content (AvgIpc) is 2.32. The standard InChI is InChI=1S/C11H10F2N2O3S/c12-11(13)18-9-6-15(7-9)19(16,17)10-4-2-1-3-8(10)5-14/h1-4,9,11H,6-7H2. The molecule has 0 bridgehead atoms. The van der Waals surface area contributed by atoms with E-state index in [9.17, 15) is 17.2 Å². The van der Waals surface area contributed by atoms with Gasteiger partial charge in [-0.05, 0) is 12.1 Å². The molecule has 1 aliphatic rings. The van der Waals surface area contributed by atoms with Gasteiger partial charge in [0.15, 0.2) is 0 Å². The van der Waals surface area contributed by atoms with Crippen molar-refractivity contribution in [1.82, 2.24) is 4.31 Å². The Morgan fingerprint density at radius 2 is 2.00 bits per heavy atom. The van der Waals surface area contributed by atoms with Crippen LogP contribution in [-0.4, -0.2) is 38.5 Å². The van der Waals surface area contributed by atoms with Gasteiger partial charge in [0.2, 0.25) is 10.0 Å². The van der Waals surface area contributed by atoms with Crippen LogP contribution in [0.2, 0.25) is 0 Å². The molecule has 0 atom stereocenters.